The van der Waals surface area contributed by atoms with Gasteiger partial charge < -0.3 is 10.2 Å². The normalized spacial score (nSPS) is 12.5. The highest BCUT2D eigenvalue weighted by molar-refractivity contribution is 7.16. The van der Waals surface area contributed by atoms with Crippen LogP contribution in [0.3, 0.4) is 0 Å². The lowest BCUT2D eigenvalue weighted by atomic mass is 10.2. The fourth-order valence-electron chi connectivity index (χ4n) is 1.39. The minimum absolute atomic E-state index is 0.212. The third-order valence-corrected chi connectivity index (χ3v) is 3.42. The fourth-order valence-corrected chi connectivity index (χ4v) is 2.50. The molecule has 96 valence electrons. The van der Waals surface area contributed by atoms with Crippen LogP contribution in [0, 0.1) is 0 Å². The Bertz CT molecular complexity index is 512. The van der Waals surface area contributed by atoms with Gasteiger partial charge in [0, 0.05) is 4.88 Å². The summed E-state index contributed by atoms with van der Waals surface area (Å²) in [6.45, 7) is -0.212. The number of hydrogen-bond acceptors (Lipinski definition) is 5. The lowest BCUT2D eigenvalue weighted by molar-refractivity contribution is -0.125. The highest BCUT2D eigenvalue weighted by Crippen LogP contribution is 2.31. The second kappa shape index (κ2) is 6.01. The molecule has 0 saturated carbocycles. The molecule has 0 aliphatic carbocycles. The first kappa shape index (κ1) is 13.1. The van der Waals surface area contributed by atoms with Crippen LogP contribution in [0.4, 0.5) is 0 Å². The first-order chi connectivity index (χ1) is 8.66. The number of hydroxylamine groups is 1. The maximum Gasteiger partial charge on any atom is 0.245 e. The second-order valence-corrected chi connectivity index (χ2v) is 5.21. The maximum atomic E-state index is 10.6. The van der Waals surface area contributed by atoms with Gasteiger partial charge in [0.2, 0.25) is 5.91 Å². The second-order valence-electron chi connectivity index (χ2n) is 3.46. The Morgan fingerprint density at radius 3 is 2.94 bits per heavy atom. The van der Waals surface area contributed by atoms with Crippen molar-refractivity contribution in [2.75, 3.05) is 6.61 Å². The van der Waals surface area contributed by atoms with Crippen LogP contribution in [0.2, 0.25) is 4.34 Å². The molecule has 1 unspecified atom stereocenters. The molecular formula is C11H11ClN2O3S. The first-order valence-electron chi connectivity index (χ1n) is 5.11. The molecule has 2 heterocycles. The molecule has 2 rings (SSSR count). The number of carbonyl (C=O) groups excluding carboxylic acids is 1. The van der Waals surface area contributed by atoms with Crippen molar-refractivity contribution in [3.05, 3.63) is 45.5 Å². The van der Waals surface area contributed by atoms with E-state index in [1.165, 1.54) is 11.3 Å². The Hall–Kier alpha value is -1.34. The van der Waals surface area contributed by atoms with Crippen LogP contribution < -0.4 is 11.2 Å². The standard InChI is InChI=1S/C11H11ClN2O3S/c12-9-4-3-8(18-9)11(7-2-1-5-16-7)14-17-6-10(13)15/h1-5,11,14H,6H2,(H2,13,15). The monoisotopic (exact) mass is 286 g/mol. The molecule has 5 nitrogen and oxygen atoms in total. The van der Waals surface area contributed by atoms with E-state index in [9.17, 15) is 4.79 Å². The Morgan fingerprint density at radius 2 is 2.39 bits per heavy atom. The molecule has 2 aromatic heterocycles. The van der Waals surface area contributed by atoms with Gasteiger partial charge in [-0.3, -0.25) is 9.63 Å². The first-order valence-corrected chi connectivity index (χ1v) is 6.30. The van der Waals surface area contributed by atoms with Crippen molar-refractivity contribution in [3.8, 4) is 0 Å². The summed E-state index contributed by atoms with van der Waals surface area (Å²) in [4.78, 5) is 16.6. The van der Waals surface area contributed by atoms with E-state index >= 15 is 0 Å². The summed E-state index contributed by atoms with van der Waals surface area (Å²) in [5, 5.41) is 0. The smallest absolute Gasteiger partial charge is 0.245 e. The largest absolute Gasteiger partial charge is 0.467 e. The third kappa shape index (κ3) is 3.33. The van der Waals surface area contributed by atoms with Crippen LogP contribution >= 0.6 is 22.9 Å². The summed E-state index contributed by atoms with van der Waals surface area (Å²) in [6, 6.07) is 6.90. The molecule has 3 N–H and O–H groups in total. The fraction of sp³-hybridized carbons (Fsp3) is 0.182. The van der Waals surface area contributed by atoms with Gasteiger partial charge in [-0.15, -0.1) is 11.3 Å². The van der Waals surface area contributed by atoms with Crippen LogP contribution in [0.15, 0.2) is 34.9 Å². The molecule has 0 aliphatic heterocycles. The molecule has 7 heteroatoms. The van der Waals surface area contributed by atoms with Crippen LogP contribution in [-0.2, 0) is 9.63 Å². The highest BCUT2D eigenvalue weighted by atomic mass is 35.5. The number of primary amides is 1. The van der Waals surface area contributed by atoms with E-state index in [2.05, 4.69) is 5.48 Å². The van der Waals surface area contributed by atoms with Gasteiger partial charge in [-0.2, -0.15) is 5.48 Å². The van der Waals surface area contributed by atoms with Gasteiger partial charge in [-0.25, -0.2) is 0 Å². The topological polar surface area (TPSA) is 77.5 Å². The maximum absolute atomic E-state index is 10.6. The van der Waals surface area contributed by atoms with Crippen LogP contribution in [-0.4, -0.2) is 12.5 Å². The van der Waals surface area contributed by atoms with E-state index in [1.54, 1.807) is 24.5 Å². The summed E-state index contributed by atoms with van der Waals surface area (Å²) in [5.74, 6) is 0.114. The van der Waals surface area contributed by atoms with E-state index in [-0.39, 0.29) is 12.6 Å². The van der Waals surface area contributed by atoms with E-state index in [0.29, 0.717) is 10.1 Å². The van der Waals surface area contributed by atoms with Crippen LogP contribution in [0.5, 0.6) is 0 Å². The molecule has 18 heavy (non-hydrogen) atoms. The molecule has 0 fully saturated rings. The summed E-state index contributed by atoms with van der Waals surface area (Å²) in [6.07, 6.45) is 1.56. The number of carbonyl (C=O) groups is 1. The van der Waals surface area contributed by atoms with Gasteiger partial charge in [0.25, 0.3) is 0 Å². The van der Waals surface area contributed by atoms with Gasteiger partial charge in [0.15, 0.2) is 0 Å². The molecule has 0 saturated heterocycles. The lowest BCUT2D eigenvalue weighted by Gasteiger charge is -2.14. The van der Waals surface area contributed by atoms with Crippen molar-refractivity contribution in [1.82, 2.24) is 5.48 Å². The molecular weight excluding hydrogens is 276 g/mol. The zero-order valence-corrected chi connectivity index (χ0v) is 10.8. The lowest BCUT2D eigenvalue weighted by Crippen LogP contribution is -2.28. The van der Waals surface area contributed by atoms with E-state index < -0.39 is 5.91 Å². The van der Waals surface area contributed by atoms with Crippen molar-refractivity contribution in [2.24, 2.45) is 5.73 Å². The molecule has 2 aromatic rings. The van der Waals surface area contributed by atoms with E-state index in [4.69, 9.17) is 26.6 Å². The van der Waals surface area contributed by atoms with Crippen molar-refractivity contribution in [3.63, 3.8) is 0 Å². The number of halogens is 1. The van der Waals surface area contributed by atoms with Crippen molar-refractivity contribution < 1.29 is 14.0 Å². The average Bonchev–Trinajstić information content (AvgIpc) is 2.95. The Morgan fingerprint density at radius 1 is 1.56 bits per heavy atom. The van der Waals surface area contributed by atoms with Gasteiger partial charge in [0.1, 0.15) is 18.4 Å². The quantitative estimate of drug-likeness (QED) is 0.797. The van der Waals surface area contributed by atoms with Crippen LogP contribution in [0.1, 0.15) is 16.7 Å². The van der Waals surface area contributed by atoms with E-state index in [1.807, 2.05) is 6.07 Å². The Balaban J connectivity index is 2.11. The Kier molecular flexibility index (Phi) is 4.38. The molecule has 1 atom stereocenters. The average molecular weight is 287 g/mol. The molecule has 0 radical (unpaired) electrons. The summed E-state index contributed by atoms with van der Waals surface area (Å²) >= 11 is 7.30. The zero-order chi connectivity index (χ0) is 13.0. The van der Waals surface area contributed by atoms with Crippen molar-refractivity contribution in [1.29, 1.82) is 0 Å². The number of nitrogens with one attached hydrogen (secondary N) is 1. The summed E-state index contributed by atoms with van der Waals surface area (Å²) in [5.41, 5.74) is 7.73. The molecule has 1 amide bonds. The predicted octanol–water partition coefficient (Wildman–Crippen LogP) is 2.09. The molecule has 0 spiro atoms. The predicted molar refractivity (Wildman–Crippen MR) is 68.2 cm³/mol. The van der Waals surface area contributed by atoms with Crippen LogP contribution in [0.25, 0.3) is 0 Å². The molecule has 0 aliphatic rings. The number of thiophene rings is 1. The zero-order valence-electron chi connectivity index (χ0n) is 9.26. The van der Waals surface area contributed by atoms with E-state index in [0.717, 1.165) is 4.88 Å². The van der Waals surface area contributed by atoms with Gasteiger partial charge in [0.05, 0.1) is 10.6 Å². The number of furan rings is 1. The van der Waals surface area contributed by atoms with Gasteiger partial charge >= 0.3 is 0 Å². The minimum atomic E-state index is -0.551. The number of nitrogens with two attached hydrogens (primary N) is 1. The third-order valence-electron chi connectivity index (χ3n) is 2.12. The number of amides is 1. The number of hydrogen-bond donors (Lipinski definition) is 2. The van der Waals surface area contributed by atoms with Crippen molar-refractivity contribution in [2.45, 2.75) is 6.04 Å². The minimum Gasteiger partial charge on any atom is -0.467 e. The van der Waals surface area contributed by atoms with Gasteiger partial charge in [-0.1, -0.05) is 11.6 Å². The summed E-state index contributed by atoms with van der Waals surface area (Å²) in [7, 11) is 0. The molecule has 0 bridgehead atoms. The SMILES string of the molecule is NC(=O)CONC(c1ccco1)c1ccc(Cl)s1. The van der Waals surface area contributed by atoms with Crippen molar-refractivity contribution >= 4 is 28.8 Å². The summed E-state index contributed by atoms with van der Waals surface area (Å²) < 4.78 is 5.99. The Labute approximate surface area is 112 Å². The number of rotatable bonds is 6. The molecule has 0 aromatic carbocycles. The highest BCUT2D eigenvalue weighted by Gasteiger charge is 2.19. The van der Waals surface area contributed by atoms with Gasteiger partial charge in [-0.05, 0) is 24.3 Å².